The second-order valence-corrected chi connectivity index (χ2v) is 3.52. The van der Waals surface area contributed by atoms with Gasteiger partial charge >= 0.3 is 0 Å². The Morgan fingerprint density at radius 1 is 1.28 bits per heavy atom. The Hall–Kier alpha value is -2.40. The smallest absolute Gasteiger partial charge is 0.151 e. The molecular weight excluding hydrogens is 228 g/mol. The van der Waals surface area contributed by atoms with Gasteiger partial charge in [0, 0.05) is 6.20 Å². The largest absolute Gasteiger partial charge is 0.494 e. The summed E-state index contributed by atoms with van der Waals surface area (Å²) in [4.78, 5) is 8.42. The fraction of sp³-hybridized carbons (Fsp3) is 0.0769. The first-order chi connectivity index (χ1) is 8.85. The summed E-state index contributed by atoms with van der Waals surface area (Å²) in [6, 6.07) is 11.3. The number of hydrazine groups is 1. The molecule has 0 saturated carbocycles. The summed E-state index contributed by atoms with van der Waals surface area (Å²) < 4.78 is 5.23. The van der Waals surface area contributed by atoms with Crippen molar-refractivity contribution in [1.29, 1.82) is 0 Å². The van der Waals surface area contributed by atoms with Crippen LogP contribution in [0, 0.1) is 0 Å². The number of pyridine rings is 1. The van der Waals surface area contributed by atoms with E-state index in [0.29, 0.717) is 11.6 Å². The lowest BCUT2D eigenvalue weighted by atomic mass is 10.2. The van der Waals surface area contributed by atoms with Gasteiger partial charge in [0.15, 0.2) is 5.84 Å². The highest BCUT2D eigenvalue weighted by Gasteiger charge is 2.08. The van der Waals surface area contributed by atoms with Crippen LogP contribution in [0.3, 0.4) is 0 Å². The highest BCUT2D eigenvalue weighted by Crippen LogP contribution is 2.18. The monoisotopic (exact) mass is 242 g/mol. The number of nitrogens with two attached hydrogens (primary N) is 1. The minimum atomic E-state index is 0.528. The number of hydrogen-bond acceptors (Lipinski definition) is 4. The Morgan fingerprint density at radius 2 is 2.06 bits per heavy atom. The van der Waals surface area contributed by atoms with Gasteiger partial charge in [-0.05, 0) is 18.2 Å². The molecule has 0 radical (unpaired) electrons. The second kappa shape index (κ2) is 5.79. The van der Waals surface area contributed by atoms with Crippen LogP contribution in [0.2, 0.25) is 0 Å². The van der Waals surface area contributed by atoms with Crippen LogP contribution in [0.4, 0.5) is 5.69 Å². The lowest BCUT2D eigenvalue weighted by Crippen LogP contribution is -2.31. The van der Waals surface area contributed by atoms with Crippen molar-refractivity contribution in [2.45, 2.75) is 0 Å². The number of aliphatic imine (C=N–C) groups is 1. The molecule has 2 rings (SSSR count). The van der Waals surface area contributed by atoms with Crippen LogP contribution < -0.4 is 16.0 Å². The SMILES string of the molecule is COc1cnccc1C(=Nc1ccccc1)NN. The van der Waals surface area contributed by atoms with Gasteiger partial charge in [0.2, 0.25) is 0 Å². The van der Waals surface area contributed by atoms with E-state index in [1.54, 1.807) is 25.6 Å². The maximum absolute atomic E-state index is 5.52. The highest BCUT2D eigenvalue weighted by molar-refractivity contribution is 6.02. The molecule has 0 aliphatic heterocycles. The Morgan fingerprint density at radius 3 is 2.72 bits per heavy atom. The zero-order valence-corrected chi connectivity index (χ0v) is 10.00. The van der Waals surface area contributed by atoms with Crippen molar-refractivity contribution in [2.24, 2.45) is 10.8 Å². The summed E-state index contributed by atoms with van der Waals surface area (Å²) in [7, 11) is 1.58. The van der Waals surface area contributed by atoms with Gasteiger partial charge in [0.25, 0.3) is 0 Å². The van der Waals surface area contributed by atoms with Crippen molar-refractivity contribution in [2.75, 3.05) is 7.11 Å². The zero-order chi connectivity index (χ0) is 12.8. The second-order valence-electron chi connectivity index (χ2n) is 3.52. The number of nitrogens with one attached hydrogen (secondary N) is 1. The molecule has 1 aromatic carbocycles. The average Bonchev–Trinajstić information content (AvgIpc) is 2.46. The van der Waals surface area contributed by atoms with Crippen molar-refractivity contribution in [3.05, 3.63) is 54.4 Å². The fourth-order valence-electron chi connectivity index (χ4n) is 1.54. The molecule has 0 saturated heterocycles. The van der Waals surface area contributed by atoms with Gasteiger partial charge in [-0.3, -0.25) is 4.98 Å². The molecule has 0 atom stereocenters. The maximum atomic E-state index is 5.52. The van der Waals surface area contributed by atoms with E-state index in [2.05, 4.69) is 15.4 Å². The van der Waals surface area contributed by atoms with E-state index >= 15 is 0 Å². The lowest BCUT2D eigenvalue weighted by Gasteiger charge is -2.09. The van der Waals surface area contributed by atoms with Gasteiger partial charge in [-0.25, -0.2) is 10.8 Å². The molecule has 0 aliphatic rings. The predicted molar refractivity (Wildman–Crippen MR) is 70.8 cm³/mol. The predicted octanol–water partition coefficient (Wildman–Crippen LogP) is 1.63. The van der Waals surface area contributed by atoms with Crippen molar-refractivity contribution < 1.29 is 4.74 Å². The molecule has 0 bridgehead atoms. The van der Waals surface area contributed by atoms with E-state index in [9.17, 15) is 0 Å². The number of methoxy groups -OCH3 is 1. The summed E-state index contributed by atoms with van der Waals surface area (Å²) in [6.07, 6.45) is 3.28. The lowest BCUT2D eigenvalue weighted by molar-refractivity contribution is 0.412. The van der Waals surface area contributed by atoms with Gasteiger partial charge in [0.05, 0.1) is 24.6 Å². The van der Waals surface area contributed by atoms with E-state index in [1.807, 2.05) is 30.3 Å². The Labute approximate surface area is 105 Å². The molecule has 0 fully saturated rings. The first-order valence-corrected chi connectivity index (χ1v) is 5.44. The van der Waals surface area contributed by atoms with Crippen LogP contribution in [0.25, 0.3) is 0 Å². The first-order valence-electron chi connectivity index (χ1n) is 5.44. The number of para-hydroxylation sites is 1. The Balaban J connectivity index is 2.42. The summed E-state index contributed by atoms with van der Waals surface area (Å²) in [6.45, 7) is 0. The molecule has 1 aromatic heterocycles. The molecule has 1 heterocycles. The van der Waals surface area contributed by atoms with Crippen LogP contribution in [0.5, 0.6) is 5.75 Å². The van der Waals surface area contributed by atoms with E-state index in [4.69, 9.17) is 10.6 Å². The van der Waals surface area contributed by atoms with Gasteiger partial charge in [-0.15, -0.1) is 0 Å². The molecule has 0 unspecified atom stereocenters. The van der Waals surface area contributed by atoms with E-state index < -0.39 is 0 Å². The molecule has 3 N–H and O–H groups in total. The van der Waals surface area contributed by atoms with Crippen LogP contribution in [-0.4, -0.2) is 17.9 Å². The third kappa shape index (κ3) is 2.64. The molecule has 5 heteroatoms. The number of ether oxygens (including phenoxy) is 1. The molecule has 92 valence electrons. The summed E-state index contributed by atoms with van der Waals surface area (Å²) in [5.74, 6) is 6.66. The van der Waals surface area contributed by atoms with Crippen molar-refractivity contribution >= 4 is 11.5 Å². The molecule has 0 spiro atoms. The standard InChI is InChI=1S/C13H14N4O/c1-18-12-9-15-8-7-11(12)13(17-14)16-10-5-3-2-4-6-10/h2-9H,14H2,1H3,(H,16,17). The minimum absolute atomic E-state index is 0.528. The van der Waals surface area contributed by atoms with Gasteiger partial charge in [-0.1, -0.05) is 18.2 Å². The Kier molecular flexibility index (Phi) is 3.88. The average molecular weight is 242 g/mol. The van der Waals surface area contributed by atoms with E-state index in [-0.39, 0.29) is 0 Å². The van der Waals surface area contributed by atoms with Crippen LogP contribution >= 0.6 is 0 Å². The molecule has 5 nitrogen and oxygen atoms in total. The summed E-state index contributed by atoms with van der Waals surface area (Å²) >= 11 is 0. The maximum Gasteiger partial charge on any atom is 0.151 e. The van der Waals surface area contributed by atoms with E-state index in [1.165, 1.54) is 0 Å². The van der Waals surface area contributed by atoms with Gasteiger partial charge in [0.1, 0.15) is 5.75 Å². The normalized spacial score (nSPS) is 11.1. The third-order valence-electron chi connectivity index (χ3n) is 2.39. The van der Waals surface area contributed by atoms with E-state index in [0.717, 1.165) is 11.3 Å². The van der Waals surface area contributed by atoms with Gasteiger partial charge in [-0.2, -0.15) is 0 Å². The zero-order valence-electron chi connectivity index (χ0n) is 10.00. The van der Waals surface area contributed by atoms with Crippen molar-refractivity contribution in [3.8, 4) is 5.75 Å². The molecule has 18 heavy (non-hydrogen) atoms. The number of amidine groups is 1. The first kappa shape index (κ1) is 12.1. The molecule has 0 amide bonds. The number of hydrogen-bond donors (Lipinski definition) is 2. The molecular formula is C13H14N4O. The molecule has 2 aromatic rings. The van der Waals surface area contributed by atoms with Crippen LogP contribution in [0.1, 0.15) is 5.56 Å². The summed E-state index contributed by atoms with van der Waals surface area (Å²) in [5, 5.41) is 0. The van der Waals surface area contributed by atoms with Crippen LogP contribution in [0.15, 0.2) is 53.8 Å². The van der Waals surface area contributed by atoms with Crippen molar-refractivity contribution in [3.63, 3.8) is 0 Å². The third-order valence-corrected chi connectivity index (χ3v) is 2.39. The van der Waals surface area contributed by atoms with Crippen molar-refractivity contribution in [1.82, 2.24) is 10.4 Å². The fourth-order valence-corrected chi connectivity index (χ4v) is 1.54. The topological polar surface area (TPSA) is 72.5 Å². The number of nitrogens with zero attached hydrogens (tertiary/aromatic N) is 2. The Bertz CT molecular complexity index is 540. The highest BCUT2D eigenvalue weighted by atomic mass is 16.5. The number of benzene rings is 1. The summed E-state index contributed by atoms with van der Waals surface area (Å²) in [5.41, 5.74) is 4.16. The number of rotatable bonds is 3. The quantitative estimate of drug-likeness (QED) is 0.371. The molecule has 0 aliphatic carbocycles. The minimum Gasteiger partial charge on any atom is -0.494 e. The van der Waals surface area contributed by atoms with Gasteiger partial charge < -0.3 is 10.2 Å². The van der Waals surface area contributed by atoms with Crippen LogP contribution in [-0.2, 0) is 0 Å². The number of aromatic nitrogens is 1.